The summed E-state index contributed by atoms with van der Waals surface area (Å²) in [6, 6.07) is 4.40. The summed E-state index contributed by atoms with van der Waals surface area (Å²) in [5, 5.41) is 0. The van der Waals surface area contributed by atoms with Crippen LogP contribution >= 0.6 is 0 Å². The SMILES string of the molecule is COCCN1C[C@H](COC)C2(CCN(C(=O)c3ccc(F)cc3C)CC2)C1. The lowest BCUT2D eigenvalue weighted by Gasteiger charge is -2.42. The van der Waals surface area contributed by atoms with E-state index in [2.05, 4.69) is 4.90 Å². The second kappa shape index (κ2) is 8.67. The van der Waals surface area contributed by atoms with Crippen LogP contribution in [0.1, 0.15) is 28.8 Å². The molecule has 2 saturated heterocycles. The van der Waals surface area contributed by atoms with Crippen LogP contribution in [0.15, 0.2) is 18.2 Å². The van der Waals surface area contributed by atoms with Crippen LogP contribution in [-0.2, 0) is 9.47 Å². The van der Waals surface area contributed by atoms with Gasteiger partial charge in [-0.2, -0.15) is 0 Å². The van der Waals surface area contributed by atoms with E-state index in [4.69, 9.17) is 9.47 Å². The topological polar surface area (TPSA) is 42.0 Å². The summed E-state index contributed by atoms with van der Waals surface area (Å²) in [4.78, 5) is 17.3. The number of ether oxygens (including phenoxy) is 2. The Balaban J connectivity index is 1.66. The predicted molar refractivity (Wildman–Crippen MR) is 102 cm³/mol. The van der Waals surface area contributed by atoms with Crippen molar-refractivity contribution in [3.8, 4) is 0 Å². The van der Waals surface area contributed by atoms with Crippen molar-refractivity contribution in [2.75, 3.05) is 60.2 Å². The van der Waals surface area contributed by atoms with Gasteiger partial charge in [-0.1, -0.05) is 0 Å². The van der Waals surface area contributed by atoms with E-state index in [1.807, 2.05) is 4.90 Å². The van der Waals surface area contributed by atoms with Gasteiger partial charge in [0.1, 0.15) is 5.82 Å². The van der Waals surface area contributed by atoms with Gasteiger partial charge in [-0.05, 0) is 48.9 Å². The summed E-state index contributed by atoms with van der Waals surface area (Å²) in [5.74, 6) is 0.204. The maximum absolute atomic E-state index is 13.3. The molecule has 2 heterocycles. The summed E-state index contributed by atoms with van der Waals surface area (Å²) in [5.41, 5.74) is 1.51. The molecule has 27 heavy (non-hydrogen) atoms. The van der Waals surface area contributed by atoms with E-state index < -0.39 is 0 Å². The van der Waals surface area contributed by atoms with Gasteiger partial charge in [-0.3, -0.25) is 4.79 Å². The molecule has 0 aromatic heterocycles. The molecule has 0 aliphatic carbocycles. The van der Waals surface area contributed by atoms with Crippen molar-refractivity contribution in [1.29, 1.82) is 0 Å². The van der Waals surface area contributed by atoms with Gasteiger partial charge in [-0.25, -0.2) is 4.39 Å². The Morgan fingerprint density at radius 1 is 1.26 bits per heavy atom. The average Bonchev–Trinajstić information content (AvgIpc) is 2.97. The van der Waals surface area contributed by atoms with Crippen molar-refractivity contribution >= 4 is 5.91 Å². The van der Waals surface area contributed by atoms with Crippen LogP contribution in [0.4, 0.5) is 4.39 Å². The third-order valence-corrected chi connectivity index (χ3v) is 6.33. The van der Waals surface area contributed by atoms with Crippen LogP contribution < -0.4 is 0 Å². The number of piperidine rings is 1. The Morgan fingerprint density at radius 2 is 2.00 bits per heavy atom. The number of carbonyl (C=O) groups excluding carboxylic acids is 1. The smallest absolute Gasteiger partial charge is 0.254 e. The second-order valence-electron chi connectivity index (χ2n) is 7.99. The first-order chi connectivity index (χ1) is 13.0. The molecule has 0 unspecified atom stereocenters. The van der Waals surface area contributed by atoms with Crippen molar-refractivity contribution in [2.45, 2.75) is 19.8 Å². The summed E-state index contributed by atoms with van der Waals surface area (Å²) >= 11 is 0. The van der Waals surface area contributed by atoms with E-state index in [1.54, 1.807) is 27.2 Å². The number of rotatable bonds is 6. The average molecular weight is 378 g/mol. The molecule has 1 aromatic carbocycles. The minimum atomic E-state index is -0.300. The summed E-state index contributed by atoms with van der Waals surface area (Å²) < 4.78 is 24.1. The highest BCUT2D eigenvalue weighted by Gasteiger charge is 2.48. The van der Waals surface area contributed by atoms with Gasteiger partial charge in [0, 0.05) is 58.4 Å². The first kappa shape index (κ1) is 20.2. The Morgan fingerprint density at radius 3 is 2.63 bits per heavy atom. The zero-order valence-corrected chi connectivity index (χ0v) is 16.7. The van der Waals surface area contributed by atoms with Crippen LogP contribution in [0.5, 0.6) is 0 Å². The molecule has 1 spiro atoms. The molecular formula is C21H31FN2O3. The van der Waals surface area contributed by atoms with Gasteiger partial charge in [0.2, 0.25) is 0 Å². The summed E-state index contributed by atoms with van der Waals surface area (Å²) in [6.45, 7) is 7.79. The number of carbonyl (C=O) groups is 1. The van der Waals surface area contributed by atoms with Gasteiger partial charge >= 0.3 is 0 Å². The molecule has 1 atom stereocenters. The van der Waals surface area contributed by atoms with Crippen LogP contribution in [0.2, 0.25) is 0 Å². The minimum absolute atomic E-state index is 0.0138. The molecular weight excluding hydrogens is 347 g/mol. The van der Waals surface area contributed by atoms with E-state index in [0.29, 0.717) is 17.0 Å². The number of benzene rings is 1. The van der Waals surface area contributed by atoms with E-state index in [-0.39, 0.29) is 17.1 Å². The number of halogens is 1. The first-order valence-corrected chi connectivity index (χ1v) is 9.75. The van der Waals surface area contributed by atoms with Crippen molar-refractivity contribution < 1.29 is 18.7 Å². The monoisotopic (exact) mass is 378 g/mol. The molecule has 0 radical (unpaired) electrons. The molecule has 5 nitrogen and oxygen atoms in total. The van der Waals surface area contributed by atoms with Crippen LogP contribution in [0.3, 0.4) is 0 Å². The molecule has 150 valence electrons. The second-order valence-corrected chi connectivity index (χ2v) is 7.99. The number of hydrogen-bond donors (Lipinski definition) is 0. The molecule has 0 saturated carbocycles. The van der Waals surface area contributed by atoms with Crippen LogP contribution in [0, 0.1) is 24.1 Å². The molecule has 2 aliphatic heterocycles. The maximum Gasteiger partial charge on any atom is 0.254 e. The lowest BCUT2D eigenvalue weighted by molar-refractivity contribution is 0.0320. The fraction of sp³-hybridized carbons (Fsp3) is 0.667. The van der Waals surface area contributed by atoms with E-state index in [9.17, 15) is 9.18 Å². The van der Waals surface area contributed by atoms with Crippen molar-refractivity contribution in [2.24, 2.45) is 11.3 Å². The van der Waals surface area contributed by atoms with Crippen molar-refractivity contribution in [1.82, 2.24) is 9.80 Å². The normalized spacial score (nSPS) is 22.5. The molecule has 6 heteroatoms. The zero-order valence-electron chi connectivity index (χ0n) is 16.7. The molecule has 1 amide bonds. The van der Waals surface area contributed by atoms with Crippen LogP contribution in [0.25, 0.3) is 0 Å². The number of amides is 1. The van der Waals surface area contributed by atoms with E-state index >= 15 is 0 Å². The fourth-order valence-corrected chi connectivity index (χ4v) is 4.72. The molecule has 0 N–H and O–H groups in total. The van der Waals surface area contributed by atoms with E-state index in [1.165, 1.54) is 12.1 Å². The van der Waals surface area contributed by atoms with Gasteiger partial charge in [0.25, 0.3) is 5.91 Å². The summed E-state index contributed by atoms with van der Waals surface area (Å²) in [6.07, 6.45) is 1.97. The first-order valence-electron chi connectivity index (χ1n) is 9.75. The quantitative estimate of drug-likeness (QED) is 0.763. The highest BCUT2D eigenvalue weighted by molar-refractivity contribution is 5.95. The fourth-order valence-electron chi connectivity index (χ4n) is 4.72. The Hall–Kier alpha value is -1.50. The molecule has 1 aromatic rings. The van der Waals surface area contributed by atoms with Crippen molar-refractivity contribution in [3.63, 3.8) is 0 Å². The standard InChI is InChI=1S/C21H31FN2O3/c1-16-12-18(22)4-5-19(16)20(25)24-8-6-21(7-9-24)15-23(10-11-26-2)13-17(21)14-27-3/h4-5,12,17H,6-11,13-15H2,1-3H3/t17-/m1/s1. The number of likely N-dealkylation sites (tertiary alicyclic amines) is 2. The zero-order chi connectivity index (χ0) is 19.4. The minimum Gasteiger partial charge on any atom is -0.384 e. The Kier molecular flexibility index (Phi) is 6.50. The van der Waals surface area contributed by atoms with Gasteiger partial charge in [0.05, 0.1) is 13.2 Å². The summed E-state index contributed by atoms with van der Waals surface area (Å²) in [7, 11) is 3.50. The highest BCUT2D eigenvalue weighted by Crippen LogP contribution is 2.45. The highest BCUT2D eigenvalue weighted by atomic mass is 19.1. The molecule has 2 aliphatic rings. The van der Waals surface area contributed by atoms with Gasteiger partial charge in [0.15, 0.2) is 0 Å². The Bertz CT molecular complexity index is 659. The number of nitrogens with zero attached hydrogens (tertiary/aromatic N) is 2. The molecule has 3 rings (SSSR count). The van der Waals surface area contributed by atoms with E-state index in [0.717, 1.165) is 58.8 Å². The van der Waals surface area contributed by atoms with Crippen molar-refractivity contribution in [3.05, 3.63) is 35.1 Å². The molecule has 2 fully saturated rings. The largest absolute Gasteiger partial charge is 0.384 e. The van der Waals surface area contributed by atoms with Gasteiger partial charge < -0.3 is 19.3 Å². The lowest BCUT2D eigenvalue weighted by atomic mass is 9.71. The third-order valence-electron chi connectivity index (χ3n) is 6.33. The number of hydrogen-bond acceptors (Lipinski definition) is 4. The predicted octanol–water partition coefficient (Wildman–Crippen LogP) is 2.58. The number of methoxy groups -OCH3 is 2. The third kappa shape index (κ3) is 4.33. The Labute approximate surface area is 161 Å². The van der Waals surface area contributed by atoms with Crippen LogP contribution in [-0.4, -0.2) is 75.9 Å². The molecule has 0 bridgehead atoms. The number of aryl methyl sites for hydroxylation is 1. The van der Waals surface area contributed by atoms with Gasteiger partial charge in [-0.15, -0.1) is 0 Å². The lowest BCUT2D eigenvalue weighted by Crippen LogP contribution is -2.47. The maximum atomic E-state index is 13.3.